The van der Waals surface area contributed by atoms with E-state index in [-0.39, 0.29) is 42.5 Å². The number of likely N-dealkylation sites (N-methyl/N-ethyl adjacent to an activating group) is 1. The highest BCUT2D eigenvalue weighted by Gasteiger charge is 2.57. The lowest BCUT2D eigenvalue weighted by atomic mass is 9.45. The molecule has 1 saturated heterocycles. The molecule has 4 aliphatic rings. The van der Waals surface area contributed by atoms with E-state index < -0.39 is 24.2 Å². The minimum Gasteiger partial charge on any atom is -0.493 e. The Hall–Kier alpha value is -3.22. The van der Waals surface area contributed by atoms with Crippen molar-refractivity contribution in [3.05, 3.63) is 47.5 Å². The largest absolute Gasteiger partial charge is 0.493 e. The van der Waals surface area contributed by atoms with Gasteiger partial charge in [0, 0.05) is 61.0 Å². The van der Waals surface area contributed by atoms with Crippen molar-refractivity contribution in [3.63, 3.8) is 0 Å². The molecule has 2 amide bonds. The number of hydroxylamine groups is 2. The Morgan fingerprint density at radius 2 is 1.81 bits per heavy atom. The van der Waals surface area contributed by atoms with Gasteiger partial charge < -0.3 is 35.4 Å². The van der Waals surface area contributed by atoms with Crippen molar-refractivity contribution < 1.29 is 29.4 Å². The summed E-state index contributed by atoms with van der Waals surface area (Å²) in [6, 6.07) is 11.0. The van der Waals surface area contributed by atoms with Gasteiger partial charge in [0.2, 0.25) is 5.91 Å². The van der Waals surface area contributed by atoms with Crippen LogP contribution in [0.4, 0.5) is 5.69 Å². The fraction of sp³-hybridized carbons (Fsp3) is 0.674. The third-order valence-corrected chi connectivity index (χ3v) is 12.5. The van der Waals surface area contributed by atoms with E-state index >= 15 is 0 Å². The summed E-state index contributed by atoms with van der Waals surface area (Å²) in [6.07, 6.45) is 1.36. The zero-order valence-corrected chi connectivity index (χ0v) is 34.6. The molecule has 9 atom stereocenters. The van der Waals surface area contributed by atoms with Gasteiger partial charge >= 0.3 is 0 Å². The first-order valence-corrected chi connectivity index (χ1v) is 20.0. The van der Waals surface area contributed by atoms with Gasteiger partial charge in [-0.2, -0.15) is 5.06 Å². The van der Waals surface area contributed by atoms with Crippen molar-refractivity contribution >= 4 is 17.5 Å². The number of nitrogens with one attached hydrogen (secondary N) is 2. The number of carbonyl (C=O) groups is 2. The van der Waals surface area contributed by atoms with Gasteiger partial charge in [-0.25, -0.2) is 0 Å². The molecule has 3 aliphatic carbocycles. The quantitative estimate of drug-likeness (QED) is 0.184. The third-order valence-electron chi connectivity index (χ3n) is 12.5. The number of para-hydroxylation sites is 1. The number of fused-ring (bicyclic) bond motifs is 2. The average Bonchev–Trinajstić information content (AvgIpc) is 3.47. The number of aliphatic hydroxyl groups is 2. The molecule has 1 aliphatic heterocycles. The maximum atomic E-state index is 14.3. The molecule has 2 aromatic carbocycles. The Balaban J connectivity index is 1.47. The molecule has 0 spiro atoms. The van der Waals surface area contributed by atoms with Gasteiger partial charge in [0.05, 0.1) is 25.9 Å². The molecule has 0 radical (unpaired) electrons. The van der Waals surface area contributed by atoms with Crippen LogP contribution in [-0.2, 0) is 16.2 Å². The summed E-state index contributed by atoms with van der Waals surface area (Å²) in [7, 11) is 7.95. The highest BCUT2D eigenvalue weighted by molar-refractivity contribution is 5.97. The Labute approximate surface area is 323 Å². The van der Waals surface area contributed by atoms with Gasteiger partial charge in [-0.3, -0.25) is 14.4 Å². The fourth-order valence-electron chi connectivity index (χ4n) is 9.52. The smallest absolute Gasteiger partial charge is 0.251 e. The van der Waals surface area contributed by atoms with Crippen LogP contribution in [0.2, 0.25) is 0 Å². The molecule has 3 saturated carbocycles. The Morgan fingerprint density at radius 1 is 1.09 bits per heavy atom. The first-order chi connectivity index (χ1) is 25.5. The van der Waals surface area contributed by atoms with Crippen molar-refractivity contribution in [3.8, 4) is 16.9 Å². The third kappa shape index (κ3) is 8.91. The first-order valence-electron chi connectivity index (χ1n) is 20.0. The van der Waals surface area contributed by atoms with Gasteiger partial charge in [-0.05, 0) is 100 Å². The fourth-order valence-corrected chi connectivity index (χ4v) is 9.52. The maximum Gasteiger partial charge on any atom is 0.251 e. The zero-order valence-electron chi connectivity index (χ0n) is 34.6. The number of hydrogen-bond donors (Lipinski definition) is 4. The van der Waals surface area contributed by atoms with Crippen molar-refractivity contribution in [2.24, 2.45) is 35.0 Å². The van der Waals surface area contributed by atoms with Crippen LogP contribution in [0.15, 0.2) is 36.4 Å². The second-order valence-electron chi connectivity index (χ2n) is 17.7. The van der Waals surface area contributed by atoms with E-state index in [0.717, 1.165) is 41.8 Å². The summed E-state index contributed by atoms with van der Waals surface area (Å²) in [4.78, 5) is 38.6. The summed E-state index contributed by atoms with van der Waals surface area (Å²) in [6.45, 7) is 15.8. The summed E-state index contributed by atoms with van der Waals surface area (Å²) in [5.74, 6) is 1.56. The van der Waals surface area contributed by atoms with E-state index in [1.54, 1.807) is 12.0 Å². The van der Waals surface area contributed by atoms with Crippen LogP contribution in [0.5, 0.6) is 5.75 Å². The standard InChI is InChI=1S/C43H67N5O6/c1-12-53-40-28(14-13-15-34(40)29-17-30(19-33(18-29)47(10)11)41(51)44-32(16-25(2)3)23-46(8)9)22-48-39(38(27(5)50)37(24-49)54-48)42(52)45-36-21-31-20-35(26(36)4)43(31,6)7/h13-15,17-19,25-27,31-32,35-39,49-50H,12,16,20-24H2,1-11H3,(H,44,51)(H,45,52)/t26-,27-,31-,32+,35-,36-,37-,38+,39-/m0/s1. The van der Waals surface area contributed by atoms with Gasteiger partial charge in [-0.15, -0.1) is 0 Å². The van der Waals surface area contributed by atoms with Gasteiger partial charge in [0.25, 0.3) is 5.91 Å². The molecule has 2 bridgehead atoms. The molecular formula is C43H67N5O6. The zero-order chi connectivity index (χ0) is 39.6. The second kappa shape index (κ2) is 17.3. The Morgan fingerprint density at radius 3 is 2.39 bits per heavy atom. The monoisotopic (exact) mass is 750 g/mol. The number of benzene rings is 2. The molecule has 6 rings (SSSR count). The van der Waals surface area contributed by atoms with Crippen LogP contribution in [0.1, 0.15) is 83.7 Å². The van der Waals surface area contributed by atoms with Gasteiger partial charge in [0.1, 0.15) is 17.9 Å². The molecule has 54 heavy (non-hydrogen) atoms. The highest BCUT2D eigenvalue weighted by atomic mass is 16.7. The molecule has 11 heteroatoms. The number of rotatable bonds is 16. The van der Waals surface area contributed by atoms with Crippen molar-refractivity contribution in [1.29, 1.82) is 0 Å². The number of hydrogen-bond acceptors (Lipinski definition) is 9. The van der Waals surface area contributed by atoms with Crippen LogP contribution in [-0.4, -0.2) is 110 Å². The molecule has 4 N–H and O–H groups in total. The van der Waals surface area contributed by atoms with Gasteiger partial charge in [-0.1, -0.05) is 52.8 Å². The van der Waals surface area contributed by atoms with E-state index in [9.17, 15) is 19.8 Å². The molecular weight excluding hydrogens is 683 g/mol. The normalized spacial score (nSPS) is 27.4. The number of nitrogens with zero attached hydrogens (tertiary/aromatic N) is 3. The van der Waals surface area contributed by atoms with E-state index in [0.29, 0.717) is 41.6 Å². The van der Waals surface area contributed by atoms with E-state index in [2.05, 4.69) is 56.2 Å². The number of amides is 2. The minimum absolute atomic E-state index is 0.000968. The first kappa shape index (κ1) is 41.9. The van der Waals surface area contributed by atoms with E-state index in [1.807, 2.05) is 70.3 Å². The van der Waals surface area contributed by atoms with E-state index in [1.165, 1.54) is 6.42 Å². The van der Waals surface area contributed by atoms with E-state index in [4.69, 9.17) is 9.57 Å². The second-order valence-corrected chi connectivity index (χ2v) is 17.7. The summed E-state index contributed by atoms with van der Waals surface area (Å²) in [5.41, 5.74) is 4.13. The molecule has 0 unspecified atom stereocenters. The molecule has 2 aromatic rings. The van der Waals surface area contributed by atoms with Crippen LogP contribution < -0.4 is 20.3 Å². The summed E-state index contributed by atoms with van der Waals surface area (Å²) < 4.78 is 6.38. The van der Waals surface area contributed by atoms with Crippen molar-refractivity contribution in [2.45, 2.75) is 105 Å². The lowest BCUT2D eigenvalue weighted by Crippen LogP contribution is -2.62. The van der Waals surface area contributed by atoms with Crippen LogP contribution >= 0.6 is 0 Å². The lowest BCUT2D eigenvalue weighted by Gasteiger charge is -2.62. The highest BCUT2D eigenvalue weighted by Crippen LogP contribution is 2.61. The molecule has 11 nitrogen and oxygen atoms in total. The number of ether oxygens (including phenoxy) is 1. The van der Waals surface area contributed by atoms with Crippen LogP contribution in [0.25, 0.3) is 11.1 Å². The van der Waals surface area contributed by atoms with Crippen molar-refractivity contribution in [1.82, 2.24) is 20.6 Å². The Kier molecular flexibility index (Phi) is 13.4. The Bertz CT molecular complexity index is 1600. The minimum atomic E-state index is -0.895. The molecule has 300 valence electrons. The SMILES string of the molecule is CCOc1c(CN2O[C@@H](CO)[C@@H]([C@H](C)O)[C@H]2C(=O)N[C@H]2C[C@@H]3C[C@@H]([C@@H]2C)C3(C)C)cccc1-c1cc(C(=O)N[C@H](CC(C)C)CN(C)C)cc(N(C)C)c1. The average molecular weight is 750 g/mol. The van der Waals surface area contributed by atoms with Crippen LogP contribution in [0, 0.1) is 35.0 Å². The van der Waals surface area contributed by atoms with Crippen LogP contribution in [0.3, 0.4) is 0 Å². The molecule has 4 fully saturated rings. The molecule has 1 heterocycles. The lowest BCUT2D eigenvalue weighted by molar-refractivity contribution is -0.183. The summed E-state index contributed by atoms with van der Waals surface area (Å²) in [5, 5.41) is 29.7. The predicted molar refractivity (Wildman–Crippen MR) is 214 cm³/mol. The van der Waals surface area contributed by atoms with Crippen molar-refractivity contribution in [2.75, 3.05) is 52.8 Å². The summed E-state index contributed by atoms with van der Waals surface area (Å²) >= 11 is 0. The number of aliphatic hydroxyl groups excluding tert-OH is 2. The topological polar surface area (TPSA) is 127 Å². The number of anilines is 1. The molecule has 0 aromatic heterocycles. The number of carbonyl (C=O) groups excluding carboxylic acids is 2. The predicted octanol–water partition coefficient (Wildman–Crippen LogP) is 5.19. The van der Waals surface area contributed by atoms with Gasteiger partial charge in [0.15, 0.2) is 0 Å². The maximum absolute atomic E-state index is 14.3.